The summed E-state index contributed by atoms with van der Waals surface area (Å²) in [4.78, 5) is 5.35. The number of benzene rings is 9. The molecule has 1 aromatic heterocycles. The summed E-state index contributed by atoms with van der Waals surface area (Å²) in [5, 5.41) is 0. The Morgan fingerprint density at radius 2 is 0.857 bits per heavy atom. The summed E-state index contributed by atoms with van der Waals surface area (Å²) in [6.45, 7) is 0. The number of nitrogens with zero attached hydrogens (tertiary/aromatic N) is 1. The number of ether oxygens (including phenoxy) is 2. The Bertz CT molecular complexity index is 3290. The fourth-order valence-corrected chi connectivity index (χ4v) is 9.79. The molecule has 0 amide bonds. The van der Waals surface area contributed by atoms with Crippen molar-refractivity contribution in [1.82, 2.24) is 4.98 Å². The first kappa shape index (κ1) is 36.6. The van der Waals surface area contributed by atoms with Crippen molar-refractivity contribution in [2.75, 3.05) is 0 Å². The number of pyridine rings is 1. The molecule has 1 aliphatic carbocycles. The molecule has 3 heteroatoms. The molecule has 0 radical (unpaired) electrons. The predicted molar refractivity (Wildman–Crippen MR) is 255 cm³/mol. The molecule has 12 rings (SSSR count). The number of fused-ring (bicyclic) bond motifs is 6. The smallest absolute Gasteiger partial charge is 0.178 e. The molecular weight excluding hydrogens is 767 g/mol. The van der Waals surface area contributed by atoms with Crippen LogP contribution in [0.4, 0.5) is 0 Å². The Hall–Kier alpha value is -8.27. The van der Waals surface area contributed by atoms with E-state index in [9.17, 15) is 0 Å². The lowest BCUT2D eigenvalue weighted by molar-refractivity contribution is 0.360. The lowest BCUT2D eigenvalue weighted by Crippen LogP contribution is -2.28. The molecule has 63 heavy (non-hydrogen) atoms. The van der Waals surface area contributed by atoms with E-state index in [0.717, 1.165) is 61.6 Å². The van der Waals surface area contributed by atoms with E-state index in [0.29, 0.717) is 17.2 Å². The first-order valence-electron chi connectivity index (χ1n) is 21.4. The van der Waals surface area contributed by atoms with Crippen LogP contribution in [0.5, 0.6) is 23.0 Å². The van der Waals surface area contributed by atoms with Gasteiger partial charge < -0.3 is 9.47 Å². The van der Waals surface area contributed by atoms with Gasteiger partial charge in [-0.2, -0.15) is 0 Å². The van der Waals surface area contributed by atoms with Crippen LogP contribution in [-0.4, -0.2) is 4.98 Å². The van der Waals surface area contributed by atoms with Gasteiger partial charge in [-0.15, -0.1) is 0 Å². The topological polar surface area (TPSA) is 31.4 Å². The lowest BCUT2D eigenvalue weighted by atomic mass is 9.68. The second-order valence-corrected chi connectivity index (χ2v) is 16.2. The molecule has 2 aliphatic rings. The van der Waals surface area contributed by atoms with Crippen molar-refractivity contribution in [1.29, 1.82) is 0 Å². The average molecular weight is 806 g/mol. The van der Waals surface area contributed by atoms with E-state index in [2.05, 4.69) is 224 Å². The number of hydrogen-bond acceptors (Lipinski definition) is 3. The van der Waals surface area contributed by atoms with Crippen LogP contribution in [0.1, 0.15) is 22.3 Å². The SMILES string of the molecule is c1ccc(-c2cccc(-c3cc(-c4ccccc4)nc(-c4ccccc4-c4ccc5c(c4)Oc4c(ccc6c4-c4ccccc4C6(c4ccccc4)c4ccccc4)O5)c3)c2)cc1. The Balaban J connectivity index is 0.980. The van der Waals surface area contributed by atoms with E-state index < -0.39 is 5.41 Å². The van der Waals surface area contributed by atoms with Gasteiger partial charge in [0.05, 0.1) is 16.8 Å². The zero-order chi connectivity index (χ0) is 41.7. The molecular formula is C60H39NO2. The second kappa shape index (κ2) is 15.0. The Morgan fingerprint density at radius 1 is 0.302 bits per heavy atom. The molecule has 0 N–H and O–H groups in total. The monoisotopic (exact) mass is 805 g/mol. The van der Waals surface area contributed by atoms with Crippen molar-refractivity contribution in [2.24, 2.45) is 0 Å². The van der Waals surface area contributed by atoms with E-state index in [1.807, 2.05) is 12.1 Å². The van der Waals surface area contributed by atoms with E-state index in [1.54, 1.807) is 0 Å². The summed E-state index contributed by atoms with van der Waals surface area (Å²) in [5.74, 6) is 2.78. The van der Waals surface area contributed by atoms with Gasteiger partial charge >= 0.3 is 0 Å². The van der Waals surface area contributed by atoms with Gasteiger partial charge in [-0.25, -0.2) is 4.98 Å². The van der Waals surface area contributed by atoms with Gasteiger partial charge in [0, 0.05) is 16.7 Å². The molecule has 0 saturated carbocycles. The highest BCUT2D eigenvalue weighted by Gasteiger charge is 2.48. The Kier molecular flexibility index (Phi) is 8.72. The summed E-state index contributed by atoms with van der Waals surface area (Å²) in [5.41, 5.74) is 17.0. The molecule has 9 aromatic carbocycles. The summed E-state index contributed by atoms with van der Waals surface area (Å²) in [6.07, 6.45) is 0. The largest absolute Gasteiger partial charge is 0.449 e. The third kappa shape index (κ3) is 6.08. The van der Waals surface area contributed by atoms with E-state index in [4.69, 9.17) is 14.5 Å². The summed E-state index contributed by atoms with van der Waals surface area (Å²) in [6, 6.07) is 83.6. The maximum absolute atomic E-state index is 7.11. The molecule has 10 aromatic rings. The van der Waals surface area contributed by atoms with Crippen LogP contribution in [-0.2, 0) is 5.41 Å². The maximum Gasteiger partial charge on any atom is 0.178 e. The highest BCUT2D eigenvalue weighted by Crippen LogP contribution is 2.62. The third-order valence-corrected chi connectivity index (χ3v) is 12.6. The van der Waals surface area contributed by atoms with Crippen molar-refractivity contribution < 1.29 is 9.47 Å². The predicted octanol–water partition coefficient (Wildman–Crippen LogP) is 15.7. The van der Waals surface area contributed by atoms with Crippen LogP contribution in [0.15, 0.2) is 237 Å². The fourth-order valence-electron chi connectivity index (χ4n) is 9.79. The minimum absolute atomic E-state index is 0.545. The first-order chi connectivity index (χ1) is 31.2. The van der Waals surface area contributed by atoms with Crippen LogP contribution >= 0.6 is 0 Å². The summed E-state index contributed by atoms with van der Waals surface area (Å²) >= 11 is 0. The highest BCUT2D eigenvalue weighted by atomic mass is 16.6. The van der Waals surface area contributed by atoms with Crippen molar-refractivity contribution in [3.8, 4) is 90.0 Å². The zero-order valence-corrected chi connectivity index (χ0v) is 34.3. The number of aromatic nitrogens is 1. The van der Waals surface area contributed by atoms with Gasteiger partial charge in [-0.1, -0.05) is 200 Å². The van der Waals surface area contributed by atoms with Crippen molar-refractivity contribution in [3.05, 3.63) is 259 Å². The van der Waals surface area contributed by atoms with Gasteiger partial charge in [0.15, 0.2) is 23.0 Å². The van der Waals surface area contributed by atoms with Gasteiger partial charge in [0.2, 0.25) is 0 Å². The first-order valence-corrected chi connectivity index (χ1v) is 21.4. The van der Waals surface area contributed by atoms with Gasteiger partial charge in [0.1, 0.15) is 0 Å². The molecule has 0 fully saturated rings. The van der Waals surface area contributed by atoms with E-state index in [1.165, 1.54) is 33.4 Å². The number of hydrogen-bond donors (Lipinski definition) is 0. The molecule has 296 valence electrons. The Morgan fingerprint density at radius 3 is 1.57 bits per heavy atom. The minimum Gasteiger partial charge on any atom is -0.449 e. The zero-order valence-electron chi connectivity index (χ0n) is 34.3. The van der Waals surface area contributed by atoms with Gasteiger partial charge in [-0.3, -0.25) is 0 Å². The third-order valence-electron chi connectivity index (χ3n) is 12.6. The molecule has 0 saturated heterocycles. The van der Waals surface area contributed by atoms with Gasteiger partial charge in [0.25, 0.3) is 0 Å². The minimum atomic E-state index is -0.545. The molecule has 3 nitrogen and oxygen atoms in total. The summed E-state index contributed by atoms with van der Waals surface area (Å²) < 4.78 is 13.8. The highest BCUT2D eigenvalue weighted by molar-refractivity contribution is 5.93. The van der Waals surface area contributed by atoms with Crippen molar-refractivity contribution in [3.63, 3.8) is 0 Å². The average Bonchev–Trinajstić information content (AvgIpc) is 3.68. The lowest BCUT2D eigenvalue weighted by Gasteiger charge is -2.34. The van der Waals surface area contributed by atoms with Crippen molar-refractivity contribution >= 4 is 0 Å². The van der Waals surface area contributed by atoms with Crippen molar-refractivity contribution in [2.45, 2.75) is 5.41 Å². The van der Waals surface area contributed by atoms with Crippen LogP contribution in [0.2, 0.25) is 0 Å². The maximum atomic E-state index is 7.11. The van der Waals surface area contributed by atoms with Crippen LogP contribution in [0.3, 0.4) is 0 Å². The molecule has 2 heterocycles. The molecule has 0 spiro atoms. The molecule has 1 aliphatic heterocycles. The molecule has 0 bridgehead atoms. The second-order valence-electron chi connectivity index (χ2n) is 16.2. The van der Waals surface area contributed by atoms with Gasteiger partial charge in [-0.05, 0) is 97.6 Å². The Labute approximate surface area is 367 Å². The van der Waals surface area contributed by atoms with E-state index >= 15 is 0 Å². The van der Waals surface area contributed by atoms with E-state index in [-0.39, 0.29) is 0 Å². The van der Waals surface area contributed by atoms with Crippen LogP contribution in [0, 0.1) is 0 Å². The van der Waals surface area contributed by atoms with Crippen LogP contribution in [0.25, 0.3) is 67.0 Å². The quantitative estimate of drug-likeness (QED) is 0.161. The summed E-state index contributed by atoms with van der Waals surface area (Å²) in [7, 11) is 0. The van der Waals surface area contributed by atoms with Crippen LogP contribution < -0.4 is 9.47 Å². The normalized spacial score (nSPS) is 12.8. The molecule has 0 atom stereocenters. The standard InChI is InChI=1S/C60H39NO2/c1-5-18-40(19-6-1)42-22-17-23-43(36-42)45-37-53(41-20-7-2-8-21-41)61-54(38-45)49-29-14-13-28-48(49)44-32-34-55-57(39-44)63-59-56(62-55)35-33-52-58(59)50-30-15-16-31-51(50)60(52,46-24-9-3-10-25-46)47-26-11-4-12-27-47/h1-39H. The molecule has 0 unspecified atom stereocenters. The number of rotatable bonds is 7. The fraction of sp³-hybridized carbons (Fsp3) is 0.0167.